The summed E-state index contributed by atoms with van der Waals surface area (Å²) >= 11 is 1.70. The second-order valence-electron chi connectivity index (χ2n) is 12.1. The molecule has 0 radical (unpaired) electrons. The van der Waals surface area contributed by atoms with Crippen LogP contribution in [0.5, 0.6) is 0 Å². The van der Waals surface area contributed by atoms with Crippen molar-refractivity contribution in [3.05, 3.63) is 157 Å². The first-order valence-electron chi connectivity index (χ1n) is 21.1. The molecule has 0 atom stereocenters. The minimum Gasteiger partial charge on any atom is -0.454 e. The van der Waals surface area contributed by atoms with Gasteiger partial charge in [-0.15, -0.1) is 11.3 Å². The summed E-state index contributed by atoms with van der Waals surface area (Å²) in [6.07, 6.45) is 0. The molecule has 0 amide bonds. The Kier molecular flexibility index (Phi) is 4.32. The molecule has 0 spiro atoms. The average Bonchev–Trinajstić information content (AvgIpc) is 3.99. The summed E-state index contributed by atoms with van der Waals surface area (Å²) in [5.41, 5.74) is 2.50. The van der Waals surface area contributed by atoms with Gasteiger partial charge in [-0.2, -0.15) is 0 Å². The summed E-state index contributed by atoms with van der Waals surface area (Å²) in [4.78, 5) is 14.8. The molecule has 0 unspecified atom stereocenters. The van der Waals surface area contributed by atoms with E-state index in [0.29, 0.717) is 28.7 Å². The monoisotopic (exact) mass is 680 g/mol. The molecule has 0 saturated heterocycles. The molecular formula is C45H26N4OS. The van der Waals surface area contributed by atoms with E-state index >= 15 is 0 Å². The summed E-state index contributed by atoms with van der Waals surface area (Å²) in [5, 5.41) is 2.24. The Morgan fingerprint density at radius 2 is 1.16 bits per heavy atom. The van der Waals surface area contributed by atoms with Crippen LogP contribution in [0.15, 0.2) is 162 Å². The van der Waals surface area contributed by atoms with Crippen LogP contribution >= 0.6 is 11.3 Å². The van der Waals surface area contributed by atoms with Gasteiger partial charge in [-0.1, -0.05) is 103 Å². The van der Waals surface area contributed by atoms with Crippen molar-refractivity contribution >= 4 is 75.3 Å². The maximum atomic E-state index is 9.25. The van der Waals surface area contributed by atoms with Gasteiger partial charge in [0.05, 0.1) is 24.7 Å². The predicted octanol–water partition coefficient (Wildman–Crippen LogP) is 12.2. The first-order chi connectivity index (χ1) is 29.4. The zero-order valence-electron chi connectivity index (χ0n) is 36.3. The van der Waals surface area contributed by atoms with E-state index in [2.05, 4.69) is 24.3 Å². The Hall–Kier alpha value is -6.63. The van der Waals surface area contributed by atoms with Crippen molar-refractivity contribution in [2.75, 3.05) is 0 Å². The van der Waals surface area contributed by atoms with E-state index in [1.54, 1.807) is 40.2 Å². The molecule has 0 aliphatic rings. The number of thiophene rings is 1. The molecule has 4 heterocycles. The van der Waals surface area contributed by atoms with Gasteiger partial charge in [0, 0.05) is 64.1 Å². The Bertz CT molecular complexity index is 3720. The van der Waals surface area contributed by atoms with Crippen molar-refractivity contribution in [1.82, 2.24) is 19.5 Å². The van der Waals surface area contributed by atoms with Gasteiger partial charge in [0.15, 0.2) is 23.1 Å². The molecule has 0 saturated carbocycles. The van der Waals surface area contributed by atoms with Gasteiger partial charge in [0.1, 0.15) is 5.58 Å². The van der Waals surface area contributed by atoms with E-state index in [9.17, 15) is 1.37 Å². The number of fused-ring (bicyclic) bond motifs is 10. The maximum absolute atomic E-state index is 9.25. The SMILES string of the molecule is [2H]c1c([2H])c([2H])c2c(oc3c2c([2H])c([2H])c2c4c([2H])c([2H])c([2H])c([2H])c4n(-c4ccc(-c5nc(-c6ccccc6)nc(-c6ccc7c(c6)sc6ccccc67)n5)cc4)c32)c1[2H]. The Morgan fingerprint density at radius 3 is 2.00 bits per heavy atom. The predicted molar refractivity (Wildman–Crippen MR) is 211 cm³/mol. The third kappa shape index (κ3) is 4.37. The topological polar surface area (TPSA) is 56.7 Å². The Labute approximate surface area is 309 Å². The van der Waals surface area contributed by atoms with E-state index < -0.39 is 48.3 Å². The van der Waals surface area contributed by atoms with Gasteiger partial charge >= 0.3 is 0 Å². The zero-order chi connectivity index (χ0) is 42.2. The molecule has 11 aromatic rings. The van der Waals surface area contributed by atoms with Crippen LogP contribution in [0, 0.1) is 0 Å². The van der Waals surface area contributed by atoms with Gasteiger partial charge in [0.25, 0.3) is 0 Å². The number of hydrogen-bond acceptors (Lipinski definition) is 5. The van der Waals surface area contributed by atoms with Crippen LogP contribution in [-0.4, -0.2) is 19.5 Å². The molecule has 4 aromatic heterocycles. The maximum Gasteiger partial charge on any atom is 0.164 e. The molecule has 0 fully saturated rings. The number of rotatable bonds is 4. The lowest BCUT2D eigenvalue weighted by molar-refractivity contribution is 0.671. The van der Waals surface area contributed by atoms with Gasteiger partial charge in [-0.3, -0.25) is 0 Å². The van der Waals surface area contributed by atoms with Crippen molar-refractivity contribution in [3.63, 3.8) is 0 Å². The lowest BCUT2D eigenvalue weighted by Gasteiger charge is -2.11. The van der Waals surface area contributed by atoms with Crippen molar-refractivity contribution in [2.45, 2.75) is 0 Å². The number of nitrogens with zero attached hydrogens (tertiary/aromatic N) is 4. The average molecular weight is 681 g/mol. The second-order valence-corrected chi connectivity index (χ2v) is 13.2. The molecular weight excluding hydrogens is 645 g/mol. The highest BCUT2D eigenvalue weighted by Gasteiger charge is 2.19. The van der Waals surface area contributed by atoms with Gasteiger partial charge in [0.2, 0.25) is 0 Å². The highest BCUT2D eigenvalue weighted by Crippen LogP contribution is 2.41. The first kappa shape index (κ1) is 20.1. The number of benzene rings is 7. The molecule has 0 aliphatic heterocycles. The standard InChI is InChI=1S/C45H26N4OS/c1-2-10-27(11-3-1)43-46-44(48-45(47-43)29-20-23-34-33-14-6-9-17-39(33)51-40(34)26-29)28-18-21-30(22-19-28)49-37-15-7-4-12-31(37)35-24-25-36-32-13-5-8-16-38(32)50-42(36)41(35)49/h1-26H/i4D,5D,7D,8D,12D,13D,15D,16D,24D,25D. The van der Waals surface area contributed by atoms with Crippen LogP contribution in [-0.2, 0) is 0 Å². The third-order valence-electron chi connectivity index (χ3n) is 9.15. The highest BCUT2D eigenvalue weighted by molar-refractivity contribution is 7.25. The lowest BCUT2D eigenvalue weighted by Crippen LogP contribution is -2.00. The van der Waals surface area contributed by atoms with Crippen LogP contribution in [0.25, 0.3) is 104 Å². The molecule has 51 heavy (non-hydrogen) atoms. The number of furan rings is 1. The molecule has 0 N–H and O–H groups in total. The van der Waals surface area contributed by atoms with Crippen LogP contribution in [0.4, 0.5) is 0 Å². The van der Waals surface area contributed by atoms with Crippen LogP contribution in [0.3, 0.4) is 0 Å². The summed E-state index contributed by atoms with van der Waals surface area (Å²) in [7, 11) is 0. The zero-order valence-corrected chi connectivity index (χ0v) is 27.2. The number of hydrogen-bond donors (Lipinski definition) is 0. The molecule has 6 heteroatoms. The van der Waals surface area contributed by atoms with Crippen molar-refractivity contribution in [3.8, 4) is 39.9 Å². The summed E-state index contributed by atoms with van der Waals surface area (Å²) in [5.74, 6) is 1.32. The second kappa shape index (κ2) is 10.9. The third-order valence-corrected chi connectivity index (χ3v) is 10.3. The van der Waals surface area contributed by atoms with E-state index in [1.807, 2.05) is 48.5 Å². The number of aromatic nitrogens is 4. The normalized spacial score (nSPS) is 14.7. The molecule has 5 nitrogen and oxygen atoms in total. The molecule has 0 bridgehead atoms. The van der Waals surface area contributed by atoms with Crippen LogP contribution in [0.2, 0.25) is 0 Å². The Morgan fingerprint density at radius 1 is 0.510 bits per heavy atom. The number of para-hydroxylation sites is 2. The smallest absolute Gasteiger partial charge is 0.164 e. The van der Waals surface area contributed by atoms with Crippen molar-refractivity contribution in [2.24, 2.45) is 0 Å². The lowest BCUT2D eigenvalue weighted by atomic mass is 10.1. The van der Waals surface area contributed by atoms with Gasteiger partial charge < -0.3 is 8.98 Å². The largest absolute Gasteiger partial charge is 0.454 e. The molecule has 0 aliphatic carbocycles. The Balaban J connectivity index is 1.16. The van der Waals surface area contributed by atoms with Crippen LogP contribution < -0.4 is 0 Å². The fourth-order valence-electron chi connectivity index (χ4n) is 6.80. The van der Waals surface area contributed by atoms with Crippen molar-refractivity contribution in [1.29, 1.82) is 0 Å². The summed E-state index contributed by atoms with van der Waals surface area (Å²) < 4.78 is 97.6. The van der Waals surface area contributed by atoms with E-state index in [1.165, 1.54) is 10.1 Å². The minimum absolute atomic E-state index is 0.00398. The van der Waals surface area contributed by atoms with E-state index in [-0.39, 0.29) is 55.8 Å². The highest BCUT2D eigenvalue weighted by atomic mass is 32.1. The first-order valence-corrected chi connectivity index (χ1v) is 16.9. The van der Waals surface area contributed by atoms with Gasteiger partial charge in [-0.05, 0) is 54.5 Å². The fourth-order valence-corrected chi connectivity index (χ4v) is 7.94. The summed E-state index contributed by atoms with van der Waals surface area (Å²) in [6, 6.07) is 26.5. The summed E-state index contributed by atoms with van der Waals surface area (Å²) in [6.45, 7) is 0. The van der Waals surface area contributed by atoms with E-state index in [4.69, 9.17) is 31.7 Å². The molecule has 11 rings (SSSR count). The minimum atomic E-state index is -0.529. The fraction of sp³-hybridized carbons (Fsp3) is 0. The van der Waals surface area contributed by atoms with Gasteiger partial charge in [-0.25, -0.2) is 15.0 Å². The van der Waals surface area contributed by atoms with E-state index in [0.717, 1.165) is 21.2 Å². The quantitative estimate of drug-likeness (QED) is 0.186. The molecule has 7 aromatic carbocycles. The van der Waals surface area contributed by atoms with Crippen LogP contribution in [0.1, 0.15) is 13.7 Å². The molecule has 238 valence electrons. The van der Waals surface area contributed by atoms with Crippen molar-refractivity contribution < 1.29 is 18.1 Å².